The molecule has 0 atom stereocenters. The summed E-state index contributed by atoms with van der Waals surface area (Å²) in [7, 11) is 0. The van der Waals surface area contributed by atoms with Crippen LogP contribution in [0, 0.1) is 0 Å². The van der Waals surface area contributed by atoms with Crippen LogP contribution in [0.5, 0.6) is 0 Å². The number of hydrogen-bond donors (Lipinski definition) is 2. The molecule has 0 aliphatic heterocycles. The van der Waals surface area contributed by atoms with Crippen LogP contribution in [0.4, 0.5) is 0 Å². The van der Waals surface area contributed by atoms with Crippen LogP contribution in [0.1, 0.15) is 6.92 Å². The van der Waals surface area contributed by atoms with Gasteiger partial charge in [0.25, 0.3) is 0 Å². The lowest BCUT2D eigenvalue weighted by Gasteiger charge is -1.85. The van der Waals surface area contributed by atoms with Gasteiger partial charge in [0, 0.05) is 11.9 Å². The lowest BCUT2D eigenvalue weighted by Crippen LogP contribution is -1.99. The Hall–Kier alpha value is -0.960. The summed E-state index contributed by atoms with van der Waals surface area (Å²) in [6.07, 6.45) is 4.79. The molecule has 0 rings (SSSR count). The molecular formula is C6H10ClN3. The van der Waals surface area contributed by atoms with Crippen LogP contribution in [0.15, 0.2) is 29.0 Å². The minimum Gasteiger partial charge on any atom is -0.399 e. The minimum absolute atomic E-state index is 0.000142. The van der Waals surface area contributed by atoms with Crippen molar-refractivity contribution in [1.29, 1.82) is 0 Å². The Morgan fingerprint density at radius 3 is 2.50 bits per heavy atom. The molecule has 0 bridgehead atoms. The Bertz CT molecular complexity index is 177. The highest BCUT2D eigenvalue weighted by Gasteiger charge is 1.76. The van der Waals surface area contributed by atoms with Crippen molar-refractivity contribution in [2.24, 2.45) is 16.5 Å². The zero-order valence-corrected chi connectivity index (χ0v) is 6.47. The van der Waals surface area contributed by atoms with Crippen LogP contribution < -0.4 is 11.5 Å². The molecule has 0 unspecified atom stereocenters. The SMILES string of the molecule is C/C=C(N)\C=C/N=C(N)Cl. The van der Waals surface area contributed by atoms with Crippen LogP contribution in [0.25, 0.3) is 0 Å². The first-order valence-electron chi connectivity index (χ1n) is 2.74. The summed E-state index contributed by atoms with van der Waals surface area (Å²) in [6.45, 7) is 1.83. The molecule has 0 aromatic heterocycles. The summed E-state index contributed by atoms with van der Waals surface area (Å²) in [5.74, 6) is 0. The minimum atomic E-state index is 0.000142. The number of halogens is 1. The number of nitrogens with two attached hydrogens (primary N) is 2. The van der Waals surface area contributed by atoms with Gasteiger partial charge in [-0.25, -0.2) is 4.99 Å². The Kier molecular flexibility index (Phi) is 4.41. The van der Waals surface area contributed by atoms with Gasteiger partial charge in [-0.3, -0.25) is 0 Å². The van der Waals surface area contributed by atoms with Crippen molar-refractivity contribution in [1.82, 2.24) is 0 Å². The van der Waals surface area contributed by atoms with Crippen molar-refractivity contribution in [3.63, 3.8) is 0 Å². The predicted octanol–water partition coefficient (Wildman–Crippen LogP) is 0.916. The van der Waals surface area contributed by atoms with Gasteiger partial charge in [0.15, 0.2) is 5.29 Å². The maximum Gasteiger partial charge on any atom is 0.193 e. The molecule has 0 heterocycles. The Balaban J connectivity index is 3.90. The van der Waals surface area contributed by atoms with Crippen molar-refractivity contribution in [2.75, 3.05) is 0 Å². The van der Waals surface area contributed by atoms with E-state index in [-0.39, 0.29) is 5.29 Å². The monoisotopic (exact) mass is 159 g/mol. The number of rotatable bonds is 2. The molecule has 0 aromatic rings. The molecule has 0 aliphatic rings. The van der Waals surface area contributed by atoms with Crippen LogP contribution in [-0.2, 0) is 0 Å². The Labute approximate surface area is 65.1 Å². The van der Waals surface area contributed by atoms with Crippen LogP contribution in [0.2, 0.25) is 0 Å². The Morgan fingerprint density at radius 2 is 2.10 bits per heavy atom. The van der Waals surface area contributed by atoms with E-state index in [1.54, 1.807) is 12.2 Å². The van der Waals surface area contributed by atoms with Crippen molar-refractivity contribution in [3.8, 4) is 0 Å². The summed E-state index contributed by atoms with van der Waals surface area (Å²) >= 11 is 5.22. The third kappa shape index (κ3) is 5.18. The molecule has 56 valence electrons. The zero-order chi connectivity index (χ0) is 7.98. The van der Waals surface area contributed by atoms with Crippen LogP contribution in [-0.4, -0.2) is 5.29 Å². The van der Waals surface area contributed by atoms with Gasteiger partial charge < -0.3 is 11.5 Å². The molecule has 0 aliphatic carbocycles. The van der Waals surface area contributed by atoms with E-state index in [2.05, 4.69) is 4.99 Å². The van der Waals surface area contributed by atoms with E-state index in [0.717, 1.165) is 0 Å². The Morgan fingerprint density at radius 1 is 1.50 bits per heavy atom. The molecule has 0 saturated heterocycles. The van der Waals surface area contributed by atoms with E-state index in [4.69, 9.17) is 23.1 Å². The van der Waals surface area contributed by atoms with E-state index in [9.17, 15) is 0 Å². The second kappa shape index (κ2) is 4.88. The summed E-state index contributed by atoms with van der Waals surface area (Å²) in [6, 6.07) is 0. The summed E-state index contributed by atoms with van der Waals surface area (Å²) in [5, 5.41) is 0.000142. The van der Waals surface area contributed by atoms with Gasteiger partial charge in [0.05, 0.1) is 0 Å². The van der Waals surface area contributed by atoms with Gasteiger partial charge in [0.1, 0.15) is 0 Å². The van der Waals surface area contributed by atoms with Gasteiger partial charge in [-0.1, -0.05) is 6.08 Å². The molecule has 10 heavy (non-hydrogen) atoms. The molecule has 0 radical (unpaired) electrons. The van der Waals surface area contributed by atoms with E-state index >= 15 is 0 Å². The average Bonchev–Trinajstić information content (AvgIpc) is 1.87. The fourth-order valence-electron chi connectivity index (χ4n) is 0.291. The lowest BCUT2D eigenvalue weighted by atomic mass is 10.4. The van der Waals surface area contributed by atoms with E-state index in [1.165, 1.54) is 6.20 Å². The summed E-state index contributed by atoms with van der Waals surface area (Å²) in [4.78, 5) is 3.57. The van der Waals surface area contributed by atoms with Crippen molar-refractivity contribution < 1.29 is 0 Å². The maximum atomic E-state index is 5.38. The molecule has 0 spiro atoms. The maximum absolute atomic E-state index is 5.38. The average molecular weight is 160 g/mol. The zero-order valence-electron chi connectivity index (χ0n) is 5.71. The summed E-state index contributed by atoms with van der Waals surface area (Å²) in [5.41, 5.74) is 11.0. The molecule has 4 heteroatoms. The first-order chi connectivity index (χ1) is 4.66. The number of nitrogens with zero attached hydrogens (tertiary/aromatic N) is 1. The molecule has 0 amide bonds. The molecule has 0 saturated carbocycles. The van der Waals surface area contributed by atoms with E-state index < -0.39 is 0 Å². The highest BCUT2D eigenvalue weighted by Crippen LogP contribution is 1.86. The largest absolute Gasteiger partial charge is 0.399 e. The normalized spacial score (nSPS) is 14.6. The molecule has 4 N–H and O–H groups in total. The number of amidine groups is 1. The van der Waals surface area contributed by atoms with E-state index in [1.807, 2.05) is 6.92 Å². The first kappa shape index (κ1) is 9.04. The summed E-state index contributed by atoms with van der Waals surface area (Å²) < 4.78 is 0. The number of hydrogen-bond acceptors (Lipinski definition) is 2. The fraction of sp³-hybridized carbons (Fsp3) is 0.167. The first-order valence-corrected chi connectivity index (χ1v) is 3.11. The van der Waals surface area contributed by atoms with Crippen LogP contribution in [0.3, 0.4) is 0 Å². The predicted molar refractivity (Wildman–Crippen MR) is 44.6 cm³/mol. The molecular weight excluding hydrogens is 150 g/mol. The second-order valence-electron chi connectivity index (χ2n) is 1.56. The lowest BCUT2D eigenvalue weighted by molar-refractivity contribution is 1.37. The topological polar surface area (TPSA) is 64.4 Å². The van der Waals surface area contributed by atoms with Gasteiger partial charge >= 0.3 is 0 Å². The molecule has 3 nitrogen and oxygen atoms in total. The van der Waals surface area contributed by atoms with Gasteiger partial charge in [0.2, 0.25) is 0 Å². The molecule has 0 aromatic carbocycles. The highest BCUT2D eigenvalue weighted by molar-refractivity contribution is 6.64. The third-order valence-electron chi connectivity index (χ3n) is 0.798. The van der Waals surface area contributed by atoms with Gasteiger partial charge in [-0.05, 0) is 24.6 Å². The number of allylic oxidation sites excluding steroid dienone is 2. The van der Waals surface area contributed by atoms with E-state index in [0.29, 0.717) is 5.70 Å². The quantitative estimate of drug-likeness (QED) is 0.272. The fourth-order valence-corrected chi connectivity index (χ4v) is 0.347. The van der Waals surface area contributed by atoms with Gasteiger partial charge in [-0.15, -0.1) is 0 Å². The highest BCUT2D eigenvalue weighted by atomic mass is 35.5. The number of aliphatic imine (C=N–C) groups is 1. The molecule has 0 fully saturated rings. The third-order valence-corrected chi connectivity index (χ3v) is 0.896. The smallest absolute Gasteiger partial charge is 0.193 e. The standard InChI is InChI=1S/C6H10ClN3/c1-2-5(8)3-4-10-6(7)9/h2-4H,8H2,1H3,(H2,9,10)/b4-3-,5-2+. The van der Waals surface area contributed by atoms with Crippen molar-refractivity contribution >= 4 is 16.9 Å². The van der Waals surface area contributed by atoms with Crippen molar-refractivity contribution in [2.45, 2.75) is 6.92 Å². The van der Waals surface area contributed by atoms with Gasteiger partial charge in [-0.2, -0.15) is 0 Å². The second-order valence-corrected chi connectivity index (χ2v) is 1.94. The van der Waals surface area contributed by atoms with Crippen LogP contribution >= 0.6 is 11.6 Å². The van der Waals surface area contributed by atoms with Crippen molar-refractivity contribution in [3.05, 3.63) is 24.0 Å².